The van der Waals surface area contributed by atoms with Gasteiger partial charge in [0.1, 0.15) is 6.04 Å². The molecule has 3 aromatic carbocycles. The van der Waals surface area contributed by atoms with Crippen LogP contribution in [0.3, 0.4) is 0 Å². The van der Waals surface area contributed by atoms with Crippen molar-refractivity contribution < 1.29 is 14.3 Å². The molecule has 0 aliphatic carbocycles. The number of carbonyl (C=O) groups is 2. The minimum atomic E-state index is -1.16. The lowest BCUT2D eigenvalue weighted by molar-refractivity contribution is -0.139. The molecule has 39 heavy (non-hydrogen) atoms. The van der Waals surface area contributed by atoms with Crippen LogP contribution in [-0.2, 0) is 29.5 Å². The number of nitrogens with zero attached hydrogens (tertiary/aromatic N) is 2. The maximum absolute atomic E-state index is 13.2. The third kappa shape index (κ3) is 5.97. The van der Waals surface area contributed by atoms with Gasteiger partial charge in [0.25, 0.3) is 5.56 Å². The van der Waals surface area contributed by atoms with E-state index in [2.05, 4.69) is 5.32 Å². The van der Waals surface area contributed by atoms with E-state index in [9.17, 15) is 19.2 Å². The van der Waals surface area contributed by atoms with E-state index in [4.69, 9.17) is 33.7 Å². The van der Waals surface area contributed by atoms with Crippen LogP contribution in [0.15, 0.2) is 70.3 Å². The summed E-state index contributed by atoms with van der Waals surface area (Å²) >= 11 is 12.0. The van der Waals surface area contributed by atoms with Gasteiger partial charge in [-0.15, -0.1) is 0 Å². The van der Waals surface area contributed by atoms with E-state index in [1.54, 1.807) is 43.4 Å². The summed E-state index contributed by atoms with van der Waals surface area (Å²) in [4.78, 5) is 51.2. The van der Waals surface area contributed by atoms with Gasteiger partial charge in [-0.1, -0.05) is 54.4 Å². The van der Waals surface area contributed by atoms with Crippen molar-refractivity contribution in [2.45, 2.75) is 25.9 Å². The molecule has 1 atom stereocenters. The number of rotatable bonds is 8. The first kappa shape index (κ1) is 28.3. The van der Waals surface area contributed by atoms with Gasteiger partial charge in [-0.2, -0.15) is 0 Å². The average molecular weight is 569 g/mol. The predicted octanol–water partition coefficient (Wildman–Crippen LogP) is 3.36. The average Bonchev–Trinajstić information content (AvgIpc) is 2.91. The molecule has 0 saturated heterocycles. The maximum atomic E-state index is 13.2. The van der Waals surface area contributed by atoms with E-state index in [0.29, 0.717) is 28.7 Å². The molecule has 4 aromatic rings. The van der Waals surface area contributed by atoms with Gasteiger partial charge in [0.05, 0.1) is 32.2 Å². The predicted molar refractivity (Wildman–Crippen MR) is 151 cm³/mol. The molecule has 202 valence electrons. The molecule has 0 fully saturated rings. The van der Waals surface area contributed by atoms with Crippen molar-refractivity contribution in [2.24, 2.45) is 12.8 Å². The number of hydrogen-bond acceptors (Lipinski definition) is 7. The number of halogens is 2. The Morgan fingerprint density at radius 3 is 2.28 bits per heavy atom. The number of benzene rings is 3. The number of carbonyl (C=O) groups excluding carboxylic acids is 2. The fourth-order valence-corrected chi connectivity index (χ4v) is 4.68. The van der Waals surface area contributed by atoms with E-state index >= 15 is 0 Å². The van der Waals surface area contributed by atoms with E-state index in [1.165, 1.54) is 16.7 Å². The van der Waals surface area contributed by atoms with Crippen molar-refractivity contribution in [3.63, 3.8) is 0 Å². The van der Waals surface area contributed by atoms with E-state index in [0.717, 1.165) is 16.7 Å². The molecule has 9 nitrogen and oxygen atoms in total. The maximum Gasteiger partial charge on any atom is 0.348 e. The second kappa shape index (κ2) is 12.0. The van der Waals surface area contributed by atoms with Crippen molar-refractivity contribution in [2.75, 3.05) is 6.54 Å². The van der Waals surface area contributed by atoms with Crippen LogP contribution in [0.25, 0.3) is 16.6 Å². The van der Waals surface area contributed by atoms with E-state index < -0.39 is 29.2 Å². The number of nitrogens with one attached hydrogen (secondary N) is 1. The van der Waals surface area contributed by atoms with Crippen molar-refractivity contribution in [1.29, 1.82) is 0 Å². The zero-order valence-electron chi connectivity index (χ0n) is 21.2. The van der Waals surface area contributed by atoms with Crippen LogP contribution in [0.2, 0.25) is 10.0 Å². The Hall–Kier alpha value is -3.76. The number of nitrogens with two attached hydrogens (primary N) is 1. The molecule has 0 radical (unpaired) electrons. The van der Waals surface area contributed by atoms with E-state index in [1.807, 2.05) is 19.1 Å². The molecule has 1 heterocycles. The Balaban J connectivity index is 1.53. The molecule has 0 saturated carbocycles. The first-order chi connectivity index (χ1) is 18.6. The van der Waals surface area contributed by atoms with Crippen LogP contribution < -0.4 is 22.3 Å². The monoisotopic (exact) mass is 568 g/mol. The fraction of sp³-hybridized carbons (Fsp3) is 0.214. The molecule has 0 unspecified atom stereocenters. The van der Waals surface area contributed by atoms with Crippen LogP contribution in [0.1, 0.15) is 28.4 Å². The molecule has 1 aromatic heterocycles. The number of esters is 2. The summed E-state index contributed by atoms with van der Waals surface area (Å²) in [6.45, 7) is 3.43. The first-order valence-corrected chi connectivity index (χ1v) is 12.9. The Morgan fingerprint density at radius 2 is 1.64 bits per heavy atom. The lowest BCUT2D eigenvalue weighted by Gasteiger charge is -2.14. The Bertz CT molecular complexity index is 1660. The molecule has 0 aliphatic heterocycles. The molecular weight excluding hydrogens is 543 g/mol. The summed E-state index contributed by atoms with van der Waals surface area (Å²) in [5.41, 5.74) is 7.42. The van der Waals surface area contributed by atoms with Crippen LogP contribution >= 0.6 is 23.2 Å². The number of aryl methyl sites for hydroxylation is 1. The quantitative estimate of drug-likeness (QED) is 0.246. The number of fused-ring (bicyclic) bond motifs is 1. The highest BCUT2D eigenvalue weighted by Crippen LogP contribution is 2.25. The molecule has 0 amide bonds. The topological polar surface area (TPSA) is 125 Å². The zero-order chi connectivity index (χ0) is 28.3. The Morgan fingerprint density at radius 1 is 1.00 bits per heavy atom. The molecule has 0 bridgehead atoms. The molecule has 0 spiro atoms. The Labute approximate surface area is 233 Å². The third-order valence-electron chi connectivity index (χ3n) is 6.23. The van der Waals surface area contributed by atoms with E-state index in [-0.39, 0.29) is 22.0 Å². The summed E-state index contributed by atoms with van der Waals surface area (Å²) in [7, 11) is 1.62. The highest BCUT2D eigenvalue weighted by molar-refractivity contribution is 6.39. The number of hydrogen-bond donors (Lipinski definition) is 2. The van der Waals surface area contributed by atoms with Crippen molar-refractivity contribution >= 4 is 46.0 Å². The van der Waals surface area contributed by atoms with Gasteiger partial charge in [0, 0.05) is 13.6 Å². The second-order valence-electron chi connectivity index (χ2n) is 8.90. The summed E-state index contributed by atoms with van der Waals surface area (Å²) in [5.74, 6) is -1.95. The van der Waals surface area contributed by atoms with Gasteiger partial charge in [0.15, 0.2) is 0 Å². The van der Waals surface area contributed by atoms with Gasteiger partial charge in [0.2, 0.25) is 0 Å². The highest BCUT2D eigenvalue weighted by atomic mass is 35.5. The van der Waals surface area contributed by atoms with Gasteiger partial charge in [-0.25, -0.2) is 19.0 Å². The van der Waals surface area contributed by atoms with Crippen molar-refractivity contribution in [3.8, 4) is 5.69 Å². The summed E-state index contributed by atoms with van der Waals surface area (Å²) < 4.78 is 7.41. The largest absolute Gasteiger partial charge is 0.388 e. The number of ether oxygens (including phenoxy) is 1. The minimum Gasteiger partial charge on any atom is -0.388 e. The minimum absolute atomic E-state index is 0.0435. The molecular formula is C28H26Cl2N4O5. The summed E-state index contributed by atoms with van der Waals surface area (Å²) in [6, 6.07) is 15.2. The molecule has 11 heteroatoms. The summed E-state index contributed by atoms with van der Waals surface area (Å²) in [5, 5.41) is 3.74. The fourth-order valence-electron chi connectivity index (χ4n) is 4.13. The van der Waals surface area contributed by atoms with Crippen molar-refractivity contribution in [3.05, 3.63) is 108 Å². The SMILES string of the molecule is CCNCc1ccc2c(=O)n(-c3ccc(C[C@H](N)C(=O)OC(=O)c4c(Cl)cccc4Cl)cc3)c(=O)n(C)c2c1. The van der Waals surface area contributed by atoms with Crippen LogP contribution in [-0.4, -0.2) is 33.7 Å². The lowest BCUT2D eigenvalue weighted by atomic mass is 10.1. The zero-order valence-corrected chi connectivity index (χ0v) is 22.8. The van der Waals surface area contributed by atoms with Crippen LogP contribution in [0, 0.1) is 0 Å². The van der Waals surface area contributed by atoms with Gasteiger partial charge in [-0.3, -0.25) is 9.36 Å². The molecule has 3 N–H and O–H groups in total. The smallest absolute Gasteiger partial charge is 0.348 e. The second-order valence-corrected chi connectivity index (χ2v) is 9.71. The van der Waals surface area contributed by atoms with Gasteiger partial charge in [-0.05, 0) is 60.5 Å². The molecule has 0 aliphatic rings. The number of aromatic nitrogens is 2. The third-order valence-corrected chi connectivity index (χ3v) is 6.86. The molecule has 4 rings (SSSR count). The lowest BCUT2D eigenvalue weighted by Crippen LogP contribution is -2.38. The van der Waals surface area contributed by atoms with Gasteiger partial charge >= 0.3 is 17.6 Å². The van der Waals surface area contributed by atoms with Crippen LogP contribution in [0.4, 0.5) is 0 Å². The van der Waals surface area contributed by atoms with Gasteiger partial charge < -0.3 is 15.8 Å². The van der Waals surface area contributed by atoms with Crippen molar-refractivity contribution in [1.82, 2.24) is 14.5 Å². The highest BCUT2D eigenvalue weighted by Gasteiger charge is 2.24. The summed E-state index contributed by atoms with van der Waals surface area (Å²) in [6.07, 6.45) is 0.0435. The van der Waals surface area contributed by atoms with Crippen LogP contribution in [0.5, 0.6) is 0 Å². The normalized spacial score (nSPS) is 11.9. The Kier molecular flexibility index (Phi) is 8.66. The first-order valence-electron chi connectivity index (χ1n) is 12.1. The standard InChI is InChI=1S/C28H26Cl2N4O5/c1-3-32-15-17-9-12-19-23(14-17)33(2)28(38)34(25(19)35)18-10-7-16(8-11-18)13-22(31)26(36)39-27(37)24-20(29)5-4-6-21(24)30/h4-12,14,22,32H,3,13,15,31H2,1-2H3/t22-/m0/s1.